The van der Waals surface area contributed by atoms with Gasteiger partial charge in [-0.15, -0.1) is 0 Å². The van der Waals surface area contributed by atoms with E-state index in [0.29, 0.717) is 12.4 Å². The lowest BCUT2D eigenvalue weighted by molar-refractivity contribution is 0.230. The van der Waals surface area contributed by atoms with Crippen molar-refractivity contribution in [3.05, 3.63) is 58.7 Å². The molecule has 1 aliphatic heterocycles. The second kappa shape index (κ2) is 16.6. The molecule has 0 spiro atoms. The van der Waals surface area contributed by atoms with Gasteiger partial charge in [-0.3, -0.25) is 0 Å². The summed E-state index contributed by atoms with van der Waals surface area (Å²) in [6.45, 7) is 11.6. The third kappa shape index (κ3) is 11.0. The van der Waals surface area contributed by atoms with Crippen LogP contribution in [0.15, 0.2) is 36.4 Å². The first-order valence-electron chi connectivity index (χ1n) is 13.7. The Morgan fingerprint density at radius 1 is 0.743 bits per heavy atom. The molecule has 2 aromatic carbocycles. The number of ether oxygens (including phenoxy) is 1. The van der Waals surface area contributed by atoms with E-state index < -0.39 is 0 Å². The fourth-order valence-corrected chi connectivity index (χ4v) is 4.99. The van der Waals surface area contributed by atoms with Gasteiger partial charge in [0.15, 0.2) is 0 Å². The Bertz CT molecular complexity index is 796. The zero-order valence-electron chi connectivity index (χ0n) is 22.6. The molecule has 0 atom stereocenters. The van der Waals surface area contributed by atoms with Crippen molar-refractivity contribution in [2.24, 2.45) is 11.8 Å². The molecular formula is C31H49NO3. The summed E-state index contributed by atoms with van der Waals surface area (Å²) in [5.41, 5.74) is 4.37. The van der Waals surface area contributed by atoms with Crippen LogP contribution in [-0.2, 0) is 0 Å². The van der Waals surface area contributed by atoms with Crippen molar-refractivity contribution < 1.29 is 14.9 Å². The van der Waals surface area contributed by atoms with Gasteiger partial charge in [-0.25, -0.2) is 0 Å². The van der Waals surface area contributed by atoms with Gasteiger partial charge >= 0.3 is 0 Å². The van der Waals surface area contributed by atoms with E-state index in [1.807, 2.05) is 32.0 Å². The number of para-hydroxylation sites is 2. The van der Waals surface area contributed by atoms with Gasteiger partial charge in [0.25, 0.3) is 0 Å². The van der Waals surface area contributed by atoms with Crippen LogP contribution in [0.25, 0.3) is 0 Å². The smallest absolute Gasteiger partial charge is 0.125 e. The highest BCUT2D eigenvalue weighted by atomic mass is 16.5. The number of phenols is 1. The fourth-order valence-electron chi connectivity index (χ4n) is 4.99. The molecule has 1 heterocycles. The van der Waals surface area contributed by atoms with Gasteiger partial charge < -0.3 is 20.3 Å². The lowest BCUT2D eigenvalue weighted by Crippen LogP contribution is -2.28. The fraction of sp³-hybridized carbons (Fsp3) is 0.613. The van der Waals surface area contributed by atoms with E-state index in [-0.39, 0.29) is 0 Å². The Kier molecular flexibility index (Phi) is 13.8. The highest BCUT2D eigenvalue weighted by Gasteiger charge is 2.13. The number of rotatable bonds is 6. The first kappa shape index (κ1) is 29.2. The summed E-state index contributed by atoms with van der Waals surface area (Å²) in [6, 6.07) is 12.0. The van der Waals surface area contributed by atoms with Crippen LogP contribution in [0.3, 0.4) is 0 Å². The molecule has 4 heteroatoms. The second-order valence-corrected chi connectivity index (χ2v) is 10.3. The number of hydrogen-bond donors (Lipinski definition) is 3. The number of hydrogen-bond acceptors (Lipinski definition) is 4. The molecule has 2 aliphatic rings. The number of aliphatic hydroxyl groups is 1. The van der Waals surface area contributed by atoms with Crippen LogP contribution >= 0.6 is 0 Å². The molecule has 4 rings (SSSR count). The maximum atomic E-state index is 9.21. The topological polar surface area (TPSA) is 61.7 Å². The lowest BCUT2D eigenvalue weighted by atomic mass is 9.87. The van der Waals surface area contributed by atoms with E-state index >= 15 is 0 Å². The molecule has 35 heavy (non-hydrogen) atoms. The normalized spacial score (nSPS) is 16.5. The minimum atomic E-state index is 0.394. The zero-order valence-corrected chi connectivity index (χ0v) is 22.6. The summed E-state index contributed by atoms with van der Waals surface area (Å²) in [7, 11) is 0. The number of benzene rings is 2. The molecule has 0 bridgehead atoms. The summed E-state index contributed by atoms with van der Waals surface area (Å²) in [6.07, 6.45) is 11.8. The van der Waals surface area contributed by atoms with Crippen LogP contribution in [0, 0.1) is 39.5 Å². The molecule has 3 N–H and O–H groups in total. The van der Waals surface area contributed by atoms with Crippen LogP contribution in [0.5, 0.6) is 11.5 Å². The van der Waals surface area contributed by atoms with Gasteiger partial charge in [-0.1, -0.05) is 68.5 Å². The molecule has 2 fully saturated rings. The Labute approximate surface area is 214 Å². The number of aryl methyl sites for hydroxylation is 4. The monoisotopic (exact) mass is 483 g/mol. The standard InChI is InChI=1S/C15H23NO.C8H10O.C8H16O/c1-12-4-3-5-13(2)15(12)17-11-8-14-6-9-16-10-7-14;1-6-4-3-5-7(2)8(6)9;9-7-6-8-4-2-1-3-5-8/h3-5,14,16H,6-11H2,1-2H3;3-5,9H,1-2H3;8-9H,1-7H2. The number of aromatic hydroxyl groups is 1. The van der Waals surface area contributed by atoms with E-state index in [0.717, 1.165) is 41.7 Å². The second-order valence-electron chi connectivity index (χ2n) is 10.3. The predicted molar refractivity (Wildman–Crippen MR) is 147 cm³/mol. The van der Waals surface area contributed by atoms with Crippen LogP contribution in [0.2, 0.25) is 0 Å². The van der Waals surface area contributed by atoms with E-state index in [4.69, 9.17) is 9.84 Å². The summed E-state index contributed by atoms with van der Waals surface area (Å²) in [5, 5.41) is 21.2. The van der Waals surface area contributed by atoms with Crippen LogP contribution in [0.4, 0.5) is 0 Å². The van der Waals surface area contributed by atoms with Crippen LogP contribution < -0.4 is 10.1 Å². The van der Waals surface area contributed by atoms with Crippen molar-refractivity contribution in [1.29, 1.82) is 0 Å². The first-order valence-corrected chi connectivity index (χ1v) is 13.7. The van der Waals surface area contributed by atoms with Crippen molar-refractivity contribution in [1.82, 2.24) is 5.32 Å². The van der Waals surface area contributed by atoms with Crippen molar-refractivity contribution in [2.75, 3.05) is 26.3 Å². The maximum absolute atomic E-state index is 9.21. The van der Waals surface area contributed by atoms with Crippen molar-refractivity contribution in [3.8, 4) is 11.5 Å². The van der Waals surface area contributed by atoms with Gasteiger partial charge in [0.1, 0.15) is 11.5 Å². The molecule has 0 aromatic heterocycles. The number of nitrogens with one attached hydrogen (secondary N) is 1. The SMILES string of the molecule is Cc1cccc(C)c1O.Cc1cccc(C)c1OCCC1CCNCC1.OCCC1CCCCC1. The van der Waals surface area contributed by atoms with E-state index in [1.54, 1.807) is 0 Å². The highest BCUT2D eigenvalue weighted by Crippen LogP contribution is 2.26. The number of piperidine rings is 1. The van der Waals surface area contributed by atoms with Gasteiger partial charge in [0.2, 0.25) is 0 Å². The maximum Gasteiger partial charge on any atom is 0.125 e. The molecular weight excluding hydrogens is 434 g/mol. The molecule has 4 nitrogen and oxygen atoms in total. The third-order valence-electron chi connectivity index (χ3n) is 7.34. The number of aliphatic hydroxyl groups excluding tert-OH is 1. The zero-order chi connectivity index (χ0) is 25.5. The minimum Gasteiger partial charge on any atom is -0.507 e. The van der Waals surface area contributed by atoms with Crippen molar-refractivity contribution in [2.45, 2.75) is 85.5 Å². The van der Waals surface area contributed by atoms with E-state index in [1.165, 1.54) is 75.6 Å². The average Bonchev–Trinajstić information content (AvgIpc) is 2.87. The van der Waals surface area contributed by atoms with Crippen LogP contribution in [-0.4, -0.2) is 36.5 Å². The molecule has 0 unspecified atom stereocenters. The minimum absolute atomic E-state index is 0.394. The molecule has 196 valence electrons. The summed E-state index contributed by atoms with van der Waals surface area (Å²) >= 11 is 0. The van der Waals surface area contributed by atoms with Gasteiger partial charge in [-0.2, -0.15) is 0 Å². The lowest BCUT2D eigenvalue weighted by Gasteiger charge is -2.22. The molecule has 1 saturated heterocycles. The summed E-state index contributed by atoms with van der Waals surface area (Å²) in [5.74, 6) is 3.20. The number of phenolic OH excluding ortho intramolecular Hbond substituents is 1. The molecule has 0 amide bonds. The molecule has 1 saturated carbocycles. The Morgan fingerprint density at radius 2 is 1.26 bits per heavy atom. The molecule has 0 radical (unpaired) electrons. The Morgan fingerprint density at radius 3 is 1.77 bits per heavy atom. The van der Waals surface area contributed by atoms with Gasteiger partial charge in [0.05, 0.1) is 6.61 Å². The van der Waals surface area contributed by atoms with E-state index in [2.05, 4.69) is 37.4 Å². The van der Waals surface area contributed by atoms with Crippen LogP contribution in [0.1, 0.15) is 80.0 Å². The first-order chi connectivity index (χ1) is 16.9. The van der Waals surface area contributed by atoms with Crippen molar-refractivity contribution >= 4 is 0 Å². The van der Waals surface area contributed by atoms with Gasteiger partial charge in [-0.05, 0) is 101 Å². The largest absolute Gasteiger partial charge is 0.507 e. The van der Waals surface area contributed by atoms with E-state index in [9.17, 15) is 5.11 Å². The third-order valence-corrected chi connectivity index (χ3v) is 7.34. The Balaban J connectivity index is 0.000000203. The average molecular weight is 484 g/mol. The summed E-state index contributed by atoms with van der Waals surface area (Å²) < 4.78 is 5.95. The molecule has 1 aliphatic carbocycles. The molecule has 2 aromatic rings. The quantitative estimate of drug-likeness (QED) is 0.413. The Hall–Kier alpha value is -2.04. The summed E-state index contributed by atoms with van der Waals surface area (Å²) in [4.78, 5) is 0. The van der Waals surface area contributed by atoms with Gasteiger partial charge in [0, 0.05) is 6.61 Å². The predicted octanol–water partition coefficient (Wildman–Crippen LogP) is 7.03. The van der Waals surface area contributed by atoms with Crippen molar-refractivity contribution in [3.63, 3.8) is 0 Å². The highest BCUT2D eigenvalue weighted by molar-refractivity contribution is 5.39.